The minimum atomic E-state index is -0.639. The van der Waals surface area contributed by atoms with Gasteiger partial charge in [-0.15, -0.1) is 0 Å². The predicted octanol–water partition coefficient (Wildman–Crippen LogP) is 2.09. The van der Waals surface area contributed by atoms with E-state index in [1.54, 1.807) is 15.5 Å². The fourth-order valence-electron chi connectivity index (χ4n) is 4.44. The number of aryl methyl sites for hydroxylation is 1. The zero-order valence-corrected chi connectivity index (χ0v) is 17.7. The van der Waals surface area contributed by atoms with Crippen LogP contribution in [0.2, 0.25) is 0 Å². The average molecular weight is 456 g/mol. The molecule has 1 amide bonds. The highest BCUT2D eigenvalue weighted by Gasteiger charge is 2.45. The fourth-order valence-corrected chi connectivity index (χ4v) is 4.73. The third-order valence-corrected chi connectivity index (χ3v) is 7.03. The molecule has 1 saturated heterocycles. The molecule has 0 unspecified atom stereocenters. The summed E-state index contributed by atoms with van der Waals surface area (Å²) < 4.78 is 2.52. The van der Waals surface area contributed by atoms with E-state index >= 15 is 0 Å². The lowest BCUT2D eigenvalue weighted by molar-refractivity contribution is -0.0140. The quantitative estimate of drug-likeness (QED) is 0.586. The Morgan fingerprint density at radius 1 is 1.34 bits per heavy atom. The zero-order valence-electron chi connectivity index (χ0n) is 16.1. The highest BCUT2D eigenvalue weighted by Crippen LogP contribution is 2.32. The Kier molecular flexibility index (Phi) is 4.45. The van der Waals surface area contributed by atoms with E-state index in [1.165, 1.54) is 11.1 Å². The minimum Gasteiger partial charge on any atom is -0.389 e. The number of likely N-dealkylation sites (tertiary alicyclic amines) is 1. The number of benzene rings is 1. The number of nitrogens with one attached hydrogen (secondary N) is 1. The normalized spacial score (nSPS) is 24.1. The van der Waals surface area contributed by atoms with Crippen LogP contribution in [0.25, 0.3) is 5.78 Å². The Morgan fingerprint density at radius 2 is 2.14 bits per heavy atom. The lowest BCUT2D eigenvalue weighted by Crippen LogP contribution is -2.65. The van der Waals surface area contributed by atoms with Gasteiger partial charge in [-0.05, 0) is 46.8 Å². The Labute approximate surface area is 176 Å². The van der Waals surface area contributed by atoms with Gasteiger partial charge in [0.05, 0.1) is 28.0 Å². The van der Waals surface area contributed by atoms with Gasteiger partial charge < -0.3 is 15.3 Å². The standard InChI is InChI=1S/C21H22BrN5O2/c1-13-16(22)11-27-17(10-23-20(27)25-13)19(29)26-7-6-21(18(28)12-26)8-14-4-2-3-5-15(14)9-24-21/h2-5,10-11,18,24,28H,6-9,12H2,1H3/t18-,21+/m1/s1. The Morgan fingerprint density at radius 3 is 2.93 bits per heavy atom. The van der Waals surface area contributed by atoms with Crippen LogP contribution in [0.3, 0.4) is 0 Å². The Bertz CT molecular complexity index is 1110. The third-order valence-electron chi connectivity index (χ3n) is 6.25. The smallest absolute Gasteiger partial charge is 0.272 e. The van der Waals surface area contributed by atoms with Gasteiger partial charge in [0.2, 0.25) is 5.78 Å². The number of halogens is 1. The summed E-state index contributed by atoms with van der Waals surface area (Å²) in [5.74, 6) is 0.355. The van der Waals surface area contributed by atoms with Crippen molar-refractivity contribution in [2.75, 3.05) is 13.1 Å². The summed E-state index contributed by atoms with van der Waals surface area (Å²) in [5.41, 5.74) is 3.45. The first kappa shape index (κ1) is 18.7. The third kappa shape index (κ3) is 3.06. The number of nitrogens with zero attached hydrogens (tertiary/aromatic N) is 4. The summed E-state index contributed by atoms with van der Waals surface area (Å²) in [6.07, 6.45) is 4.21. The first-order valence-corrected chi connectivity index (χ1v) is 10.6. The molecule has 3 aromatic rings. The summed E-state index contributed by atoms with van der Waals surface area (Å²) >= 11 is 3.47. The van der Waals surface area contributed by atoms with Gasteiger partial charge in [0.1, 0.15) is 5.69 Å². The molecule has 0 saturated carbocycles. The van der Waals surface area contributed by atoms with Crippen LogP contribution >= 0.6 is 15.9 Å². The van der Waals surface area contributed by atoms with E-state index in [4.69, 9.17) is 0 Å². The van der Waals surface area contributed by atoms with E-state index < -0.39 is 6.10 Å². The van der Waals surface area contributed by atoms with Gasteiger partial charge in [-0.1, -0.05) is 24.3 Å². The highest BCUT2D eigenvalue weighted by molar-refractivity contribution is 9.10. The highest BCUT2D eigenvalue weighted by atomic mass is 79.9. The Balaban J connectivity index is 1.38. The van der Waals surface area contributed by atoms with Crippen molar-refractivity contribution < 1.29 is 9.90 Å². The molecule has 0 radical (unpaired) electrons. The second-order valence-electron chi connectivity index (χ2n) is 7.96. The molecule has 1 spiro atoms. The van der Waals surface area contributed by atoms with Crippen LogP contribution in [0.15, 0.2) is 41.1 Å². The van der Waals surface area contributed by atoms with Gasteiger partial charge in [-0.2, -0.15) is 0 Å². The summed E-state index contributed by atoms with van der Waals surface area (Å²) in [6, 6.07) is 8.34. The number of rotatable bonds is 1. The lowest BCUT2D eigenvalue weighted by atomic mass is 9.76. The van der Waals surface area contributed by atoms with E-state index in [-0.39, 0.29) is 11.4 Å². The minimum absolute atomic E-state index is 0.139. The van der Waals surface area contributed by atoms with Gasteiger partial charge in [-0.3, -0.25) is 9.20 Å². The van der Waals surface area contributed by atoms with Gasteiger partial charge in [0, 0.05) is 25.8 Å². The SMILES string of the molecule is Cc1nc2ncc(C(=O)N3CC[C@]4(Cc5ccccc5CN4)[C@H](O)C3)n2cc1Br. The molecule has 2 aromatic heterocycles. The molecule has 4 heterocycles. The number of aromatic nitrogens is 3. The van der Waals surface area contributed by atoms with Crippen molar-refractivity contribution in [1.82, 2.24) is 24.6 Å². The number of hydrogen-bond donors (Lipinski definition) is 2. The van der Waals surface area contributed by atoms with E-state index in [0.717, 1.165) is 23.1 Å². The molecular weight excluding hydrogens is 434 g/mol. The van der Waals surface area contributed by atoms with Crippen LogP contribution in [0, 0.1) is 6.92 Å². The number of aliphatic hydroxyl groups excluding tert-OH is 1. The number of piperidine rings is 1. The van der Waals surface area contributed by atoms with Crippen molar-refractivity contribution in [1.29, 1.82) is 0 Å². The van der Waals surface area contributed by atoms with Crippen LogP contribution in [0.5, 0.6) is 0 Å². The largest absolute Gasteiger partial charge is 0.389 e. The molecule has 29 heavy (non-hydrogen) atoms. The number of carbonyl (C=O) groups is 1. The van der Waals surface area contributed by atoms with Crippen molar-refractivity contribution in [2.24, 2.45) is 0 Å². The number of aliphatic hydroxyl groups is 1. The van der Waals surface area contributed by atoms with Crippen LogP contribution < -0.4 is 5.32 Å². The second kappa shape index (κ2) is 6.90. The average Bonchev–Trinajstić information content (AvgIpc) is 3.12. The van der Waals surface area contributed by atoms with Gasteiger partial charge in [-0.25, -0.2) is 9.97 Å². The topological polar surface area (TPSA) is 82.8 Å². The molecule has 2 N–H and O–H groups in total. The first-order chi connectivity index (χ1) is 14.0. The number of carbonyl (C=O) groups excluding carboxylic acids is 1. The van der Waals surface area contributed by atoms with Crippen molar-refractivity contribution in [3.8, 4) is 0 Å². The number of fused-ring (bicyclic) bond motifs is 2. The first-order valence-electron chi connectivity index (χ1n) is 9.76. The maximum atomic E-state index is 13.2. The van der Waals surface area contributed by atoms with Crippen LogP contribution in [-0.2, 0) is 13.0 Å². The zero-order chi connectivity index (χ0) is 20.2. The molecule has 150 valence electrons. The molecular formula is C21H22BrN5O2. The molecule has 1 fully saturated rings. The number of hydrogen-bond acceptors (Lipinski definition) is 5. The molecule has 0 bridgehead atoms. The fraction of sp³-hybridized carbons (Fsp3) is 0.381. The molecule has 7 nitrogen and oxygen atoms in total. The van der Waals surface area contributed by atoms with Crippen molar-refractivity contribution in [3.05, 3.63) is 63.6 Å². The van der Waals surface area contributed by atoms with E-state index in [9.17, 15) is 9.90 Å². The molecule has 5 rings (SSSR count). The number of amides is 1. The number of imidazole rings is 1. The monoisotopic (exact) mass is 455 g/mol. The summed E-state index contributed by atoms with van der Waals surface area (Å²) in [4.78, 5) is 23.6. The maximum Gasteiger partial charge on any atom is 0.272 e. The summed E-state index contributed by atoms with van der Waals surface area (Å²) in [5, 5.41) is 14.6. The van der Waals surface area contributed by atoms with Crippen molar-refractivity contribution >= 4 is 27.6 Å². The van der Waals surface area contributed by atoms with E-state index in [1.807, 2.05) is 25.3 Å². The maximum absolute atomic E-state index is 13.2. The predicted molar refractivity (Wildman–Crippen MR) is 112 cm³/mol. The van der Waals surface area contributed by atoms with Crippen molar-refractivity contribution in [2.45, 2.75) is 38.0 Å². The van der Waals surface area contributed by atoms with Gasteiger partial charge >= 0.3 is 0 Å². The molecule has 1 aromatic carbocycles. The van der Waals surface area contributed by atoms with Gasteiger partial charge in [0.25, 0.3) is 5.91 Å². The Hall–Kier alpha value is -2.29. The van der Waals surface area contributed by atoms with Crippen molar-refractivity contribution in [3.63, 3.8) is 0 Å². The molecule has 2 atom stereocenters. The van der Waals surface area contributed by atoms with Crippen LogP contribution in [-0.4, -0.2) is 55.0 Å². The summed E-state index contributed by atoms with van der Waals surface area (Å²) in [7, 11) is 0. The molecule has 2 aliphatic heterocycles. The second-order valence-corrected chi connectivity index (χ2v) is 8.81. The summed E-state index contributed by atoms with van der Waals surface area (Å²) in [6.45, 7) is 3.50. The lowest BCUT2D eigenvalue weighted by Gasteiger charge is -2.48. The van der Waals surface area contributed by atoms with Crippen LogP contribution in [0.4, 0.5) is 0 Å². The molecule has 2 aliphatic rings. The number of β-amino-alcohol motifs (C(OH)–C–C–N with tert-alkyl or cyclic N) is 1. The van der Waals surface area contributed by atoms with Crippen LogP contribution in [0.1, 0.15) is 33.7 Å². The molecule has 8 heteroatoms. The molecule has 0 aliphatic carbocycles. The van der Waals surface area contributed by atoms with Gasteiger partial charge in [0.15, 0.2) is 0 Å². The van der Waals surface area contributed by atoms with E-state index in [0.29, 0.717) is 31.0 Å². The van der Waals surface area contributed by atoms with E-state index in [2.05, 4.69) is 43.3 Å².